The number of rotatable bonds is 6. The Kier molecular flexibility index (Phi) is 4.06. The fourth-order valence-corrected chi connectivity index (χ4v) is 2.36. The van der Waals surface area contributed by atoms with Gasteiger partial charge in [-0.3, -0.25) is 0 Å². The molecular weight excluding hydrogens is 210 g/mol. The monoisotopic (exact) mass is 233 g/mol. The molecule has 1 aromatic carbocycles. The van der Waals surface area contributed by atoms with Crippen LogP contribution in [0.4, 0.5) is 0 Å². The van der Waals surface area contributed by atoms with Gasteiger partial charge in [-0.1, -0.05) is 31.9 Å². The van der Waals surface area contributed by atoms with Crippen LogP contribution in [-0.2, 0) is 0 Å². The van der Waals surface area contributed by atoms with E-state index >= 15 is 0 Å². The second kappa shape index (κ2) is 5.54. The van der Waals surface area contributed by atoms with Crippen LogP contribution in [0.25, 0.3) is 0 Å². The highest BCUT2D eigenvalue weighted by Crippen LogP contribution is 2.39. The predicted molar refractivity (Wildman–Crippen MR) is 71.5 cm³/mol. The van der Waals surface area contributed by atoms with Crippen LogP contribution in [0.15, 0.2) is 18.2 Å². The largest absolute Gasteiger partial charge is 0.496 e. The molecule has 0 bridgehead atoms. The molecule has 17 heavy (non-hydrogen) atoms. The summed E-state index contributed by atoms with van der Waals surface area (Å²) < 4.78 is 5.52. The first-order chi connectivity index (χ1) is 8.24. The molecule has 1 atom stereocenters. The van der Waals surface area contributed by atoms with E-state index in [0.29, 0.717) is 6.04 Å². The molecular formula is C15H23NO. The molecule has 0 amide bonds. The van der Waals surface area contributed by atoms with Gasteiger partial charge < -0.3 is 10.1 Å². The van der Waals surface area contributed by atoms with Crippen molar-refractivity contribution >= 4 is 0 Å². The van der Waals surface area contributed by atoms with E-state index in [4.69, 9.17) is 4.74 Å². The first-order valence-electron chi connectivity index (χ1n) is 6.62. The first-order valence-corrected chi connectivity index (χ1v) is 6.62. The Morgan fingerprint density at radius 2 is 2.18 bits per heavy atom. The quantitative estimate of drug-likeness (QED) is 0.812. The fraction of sp³-hybridized carbons (Fsp3) is 0.600. The Hall–Kier alpha value is -1.02. The van der Waals surface area contributed by atoms with Crippen LogP contribution in [0.5, 0.6) is 5.75 Å². The summed E-state index contributed by atoms with van der Waals surface area (Å²) in [5.74, 6) is 1.95. The van der Waals surface area contributed by atoms with Gasteiger partial charge in [-0.25, -0.2) is 0 Å². The summed E-state index contributed by atoms with van der Waals surface area (Å²) in [5, 5.41) is 3.58. The molecule has 1 aliphatic rings. The van der Waals surface area contributed by atoms with E-state index in [1.165, 1.54) is 30.4 Å². The van der Waals surface area contributed by atoms with Crippen molar-refractivity contribution in [2.24, 2.45) is 5.92 Å². The summed E-state index contributed by atoms with van der Waals surface area (Å²) in [5.41, 5.74) is 2.57. The Labute approximate surface area is 104 Å². The van der Waals surface area contributed by atoms with E-state index in [0.717, 1.165) is 18.2 Å². The van der Waals surface area contributed by atoms with Gasteiger partial charge in [-0.05, 0) is 37.4 Å². The van der Waals surface area contributed by atoms with Crippen LogP contribution in [0, 0.1) is 12.8 Å². The first kappa shape index (κ1) is 12.4. The lowest BCUT2D eigenvalue weighted by atomic mass is 9.99. The van der Waals surface area contributed by atoms with Gasteiger partial charge in [0.15, 0.2) is 0 Å². The average molecular weight is 233 g/mol. The Bertz CT molecular complexity index is 371. The summed E-state index contributed by atoms with van der Waals surface area (Å²) in [6, 6.07) is 6.97. The van der Waals surface area contributed by atoms with E-state index in [2.05, 4.69) is 37.4 Å². The summed E-state index contributed by atoms with van der Waals surface area (Å²) in [6.45, 7) is 5.28. The van der Waals surface area contributed by atoms with Gasteiger partial charge in [0, 0.05) is 11.6 Å². The molecule has 1 aromatic rings. The van der Waals surface area contributed by atoms with Crippen LogP contribution in [0.2, 0.25) is 0 Å². The maximum absolute atomic E-state index is 5.52. The minimum atomic E-state index is 0.447. The topological polar surface area (TPSA) is 21.3 Å². The molecule has 94 valence electrons. The third-order valence-corrected chi connectivity index (χ3v) is 3.48. The lowest BCUT2D eigenvalue weighted by Crippen LogP contribution is -2.22. The number of ether oxygens (including phenoxy) is 1. The zero-order valence-corrected chi connectivity index (χ0v) is 11.1. The highest BCUT2D eigenvalue weighted by molar-refractivity contribution is 5.39. The number of aryl methyl sites for hydroxylation is 1. The summed E-state index contributed by atoms with van der Waals surface area (Å²) >= 11 is 0. The molecule has 0 aromatic heterocycles. The second-order valence-corrected chi connectivity index (χ2v) is 5.03. The standard InChI is InChI=1S/C15H23NO/c1-4-16-14(10-12-6-7-12)13-8-5-11(2)9-15(13)17-3/h5,8-9,12,14,16H,4,6-7,10H2,1-3H3. The Morgan fingerprint density at radius 1 is 1.41 bits per heavy atom. The Balaban J connectivity index is 2.20. The smallest absolute Gasteiger partial charge is 0.123 e. The minimum absolute atomic E-state index is 0.447. The number of hydrogen-bond acceptors (Lipinski definition) is 2. The molecule has 1 fully saturated rings. The average Bonchev–Trinajstić information content (AvgIpc) is 3.12. The van der Waals surface area contributed by atoms with Crippen LogP contribution in [0.3, 0.4) is 0 Å². The van der Waals surface area contributed by atoms with E-state index in [1.807, 2.05) is 0 Å². The van der Waals surface area contributed by atoms with Crippen molar-refractivity contribution in [3.05, 3.63) is 29.3 Å². The molecule has 1 aliphatic carbocycles. The lowest BCUT2D eigenvalue weighted by Gasteiger charge is -2.21. The van der Waals surface area contributed by atoms with Gasteiger partial charge in [0.2, 0.25) is 0 Å². The van der Waals surface area contributed by atoms with E-state index < -0.39 is 0 Å². The minimum Gasteiger partial charge on any atom is -0.496 e. The summed E-state index contributed by atoms with van der Waals surface area (Å²) in [6.07, 6.45) is 4.04. The lowest BCUT2D eigenvalue weighted by molar-refractivity contribution is 0.392. The van der Waals surface area contributed by atoms with E-state index in [-0.39, 0.29) is 0 Å². The number of hydrogen-bond donors (Lipinski definition) is 1. The van der Waals surface area contributed by atoms with Crippen molar-refractivity contribution in [2.75, 3.05) is 13.7 Å². The third-order valence-electron chi connectivity index (χ3n) is 3.48. The zero-order valence-electron chi connectivity index (χ0n) is 11.1. The molecule has 2 rings (SSSR count). The molecule has 1 N–H and O–H groups in total. The molecule has 0 saturated heterocycles. The highest BCUT2D eigenvalue weighted by atomic mass is 16.5. The molecule has 0 radical (unpaired) electrons. The molecule has 0 spiro atoms. The van der Waals surface area contributed by atoms with Gasteiger partial charge in [-0.15, -0.1) is 0 Å². The SMILES string of the molecule is CCNC(CC1CC1)c1ccc(C)cc1OC. The van der Waals surface area contributed by atoms with E-state index in [9.17, 15) is 0 Å². The highest BCUT2D eigenvalue weighted by Gasteiger charge is 2.27. The molecule has 1 unspecified atom stereocenters. The van der Waals surface area contributed by atoms with Gasteiger partial charge in [0.05, 0.1) is 7.11 Å². The van der Waals surface area contributed by atoms with Crippen molar-refractivity contribution in [3.63, 3.8) is 0 Å². The third kappa shape index (κ3) is 3.22. The van der Waals surface area contributed by atoms with Crippen molar-refractivity contribution in [1.82, 2.24) is 5.32 Å². The molecule has 0 heterocycles. The fourth-order valence-electron chi connectivity index (χ4n) is 2.36. The second-order valence-electron chi connectivity index (χ2n) is 5.03. The summed E-state index contributed by atoms with van der Waals surface area (Å²) in [7, 11) is 1.76. The maximum Gasteiger partial charge on any atom is 0.123 e. The number of methoxy groups -OCH3 is 1. The number of nitrogens with one attached hydrogen (secondary N) is 1. The predicted octanol–water partition coefficient (Wildman–Crippen LogP) is 3.45. The molecule has 2 heteroatoms. The van der Waals surface area contributed by atoms with Crippen LogP contribution in [0.1, 0.15) is 43.4 Å². The van der Waals surface area contributed by atoms with Gasteiger partial charge in [0.25, 0.3) is 0 Å². The van der Waals surface area contributed by atoms with Crippen molar-refractivity contribution in [2.45, 2.75) is 39.2 Å². The maximum atomic E-state index is 5.52. The van der Waals surface area contributed by atoms with Gasteiger partial charge in [0.1, 0.15) is 5.75 Å². The zero-order chi connectivity index (χ0) is 12.3. The van der Waals surface area contributed by atoms with E-state index in [1.54, 1.807) is 7.11 Å². The van der Waals surface area contributed by atoms with Gasteiger partial charge in [-0.2, -0.15) is 0 Å². The molecule has 2 nitrogen and oxygen atoms in total. The summed E-state index contributed by atoms with van der Waals surface area (Å²) in [4.78, 5) is 0. The van der Waals surface area contributed by atoms with Crippen molar-refractivity contribution < 1.29 is 4.74 Å². The van der Waals surface area contributed by atoms with Crippen LogP contribution < -0.4 is 10.1 Å². The normalized spacial score (nSPS) is 16.9. The van der Waals surface area contributed by atoms with Crippen molar-refractivity contribution in [3.8, 4) is 5.75 Å². The van der Waals surface area contributed by atoms with Crippen molar-refractivity contribution in [1.29, 1.82) is 0 Å². The molecule has 0 aliphatic heterocycles. The number of benzene rings is 1. The molecule has 1 saturated carbocycles. The van der Waals surface area contributed by atoms with Gasteiger partial charge >= 0.3 is 0 Å². The Morgan fingerprint density at radius 3 is 2.76 bits per heavy atom. The van der Waals surface area contributed by atoms with Crippen LogP contribution >= 0.6 is 0 Å². The van der Waals surface area contributed by atoms with Crippen LogP contribution in [-0.4, -0.2) is 13.7 Å².